The summed E-state index contributed by atoms with van der Waals surface area (Å²) in [5.41, 5.74) is 6.76. The van der Waals surface area contributed by atoms with Gasteiger partial charge in [-0.2, -0.15) is 5.10 Å². The minimum Gasteiger partial charge on any atom is -0.490 e. The van der Waals surface area contributed by atoms with Gasteiger partial charge in [-0.25, -0.2) is 14.8 Å². The first-order chi connectivity index (χ1) is 20.9. The van der Waals surface area contributed by atoms with E-state index in [0.29, 0.717) is 44.8 Å². The Morgan fingerprint density at radius 1 is 1.02 bits per heavy atom. The van der Waals surface area contributed by atoms with E-state index >= 15 is 0 Å². The van der Waals surface area contributed by atoms with Crippen molar-refractivity contribution in [2.24, 2.45) is 5.10 Å². The van der Waals surface area contributed by atoms with Crippen molar-refractivity contribution in [3.8, 4) is 22.8 Å². The Labute approximate surface area is 261 Å². The van der Waals surface area contributed by atoms with Crippen LogP contribution in [-0.2, 0) is 6.61 Å². The topological polar surface area (TPSA) is 84.8 Å². The minimum atomic E-state index is -0.377. The third-order valence-corrected chi connectivity index (χ3v) is 7.32. The van der Waals surface area contributed by atoms with Gasteiger partial charge in [-0.05, 0) is 78.7 Å². The van der Waals surface area contributed by atoms with Crippen molar-refractivity contribution in [2.75, 3.05) is 11.9 Å². The maximum absolute atomic E-state index is 13.5. The van der Waals surface area contributed by atoms with Gasteiger partial charge in [-0.15, -0.1) is 11.3 Å². The van der Waals surface area contributed by atoms with Crippen LogP contribution in [0.4, 0.5) is 15.2 Å². The van der Waals surface area contributed by atoms with Gasteiger partial charge in [-0.1, -0.05) is 47.5 Å². The number of nitrogens with one attached hydrogen (secondary N) is 2. The number of halogens is 3. The monoisotopic (exact) mass is 634 g/mol. The number of rotatable bonds is 11. The number of carbonyl (C=O) groups is 1. The molecule has 0 fully saturated rings. The molecule has 0 saturated carbocycles. The number of nitrogens with zero attached hydrogens (tertiary/aromatic N) is 2. The molecule has 1 heterocycles. The zero-order chi connectivity index (χ0) is 30.2. The number of carbonyl (C=O) groups excluding carboxylic acids is 1. The fourth-order valence-corrected chi connectivity index (χ4v) is 5.13. The molecule has 4 aromatic carbocycles. The molecule has 11 heteroatoms. The summed E-state index contributed by atoms with van der Waals surface area (Å²) in [6.45, 7) is 2.33. The molecular formula is C32H25Cl2FN4O3S. The summed E-state index contributed by atoms with van der Waals surface area (Å²) >= 11 is 13.9. The van der Waals surface area contributed by atoms with Crippen LogP contribution < -0.4 is 20.2 Å². The van der Waals surface area contributed by atoms with Crippen molar-refractivity contribution in [1.29, 1.82) is 0 Å². The quantitative estimate of drug-likeness (QED) is 0.112. The van der Waals surface area contributed by atoms with Gasteiger partial charge in [0.25, 0.3) is 5.91 Å². The number of benzene rings is 4. The van der Waals surface area contributed by atoms with Crippen molar-refractivity contribution in [3.63, 3.8) is 0 Å². The van der Waals surface area contributed by atoms with Gasteiger partial charge in [0.2, 0.25) is 0 Å². The van der Waals surface area contributed by atoms with Crippen LogP contribution in [0.25, 0.3) is 11.3 Å². The fourth-order valence-electron chi connectivity index (χ4n) is 3.99. The Balaban J connectivity index is 1.20. The van der Waals surface area contributed by atoms with Crippen LogP contribution in [0.1, 0.15) is 28.4 Å². The summed E-state index contributed by atoms with van der Waals surface area (Å²) in [5.74, 6) is 0.0151. The van der Waals surface area contributed by atoms with Crippen molar-refractivity contribution in [1.82, 2.24) is 10.4 Å². The van der Waals surface area contributed by atoms with E-state index in [1.165, 1.54) is 29.7 Å². The van der Waals surface area contributed by atoms with Crippen molar-refractivity contribution >= 4 is 57.5 Å². The molecule has 0 radical (unpaired) electrons. The number of amides is 1. The molecule has 218 valence electrons. The van der Waals surface area contributed by atoms with Gasteiger partial charge < -0.3 is 14.8 Å². The van der Waals surface area contributed by atoms with E-state index < -0.39 is 0 Å². The molecular weight excluding hydrogens is 610 g/mol. The molecule has 1 amide bonds. The predicted octanol–water partition coefficient (Wildman–Crippen LogP) is 8.74. The zero-order valence-corrected chi connectivity index (χ0v) is 25.1. The Morgan fingerprint density at radius 2 is 1.81 bits per heavy atom. The van der Waals surface area contributed by atoms with Gasteiger partial charge in [0.15, 0.2) is 16.6 Å². The summed E-state index contributed by atoms with van der Waals surface area (Å²) in [6, 6.07) is 23.9. The van der Waals surface area contributed by atoms with Gasteiger partial charge in [0, 0.05) is 27.2 Å². The number of hydrazone groups is 1. The molecule has 5 rings (SSSR count). The Hall–Kier alpha value is -4.44. The molecule has 0 aliphatic carbocycles. The van der Waals surface area contributed by atoms with E-state index in [1.54, 1.807) is 36.4 Å². The summed E-state index contributed by atoms with van der Waals surface area (Å²) in [6.07, 6.45) is 1.46. The molecule has 0 bridgehead atoms. The van der Waals surface area contributed by atoms with Crippen molar-refractivity contribution in [2.45, 2.75) is 13.5 Å². The van der Waals surface area contributed by atoms with Crippen LogP contribution in [0, 0.1) is 5.82 Å². The zero-order valence-electron chi connectivity index (χ0n) is 22.8. The van der Waals surface area contributed by atoms with Gasteiger partial charge in [0.05, 0.1) is 23.5 Å². The lowest BCUT2D eigenvalue weighted by Crippen LogP contribution is -2.17. The maximum atomic E-state index is 13.5. The number of aromatic nitrogens is 1. The first kappa shape index (κ1) is 30.0. The van der Waals surface area contributed by atoms with Crippen LogP contribution in [0.5, 0.6) is 11.5 Å². The molecule has 5 aromatic rings. The Kier molecular flexibility index (Phi) is 9.88. The Bertz CT molecular complexity index is 1750. The van der Waals surface area contributed by atoms with Gasteiger partial charge in [-0.3, -0.25) is 4.79 Å². The summed E-state index contributed by atoms with van der Waals surface area (Å²) < 4.78 is 25.1. The third-order valence-electron chi connectivity index (χ3n) is 6.03. The molecule has 43 heavy (non-hydrogen) atoms. The molecule has 1 aromatic heterocycles. The lowest BCUT2D eigenvalue weighted by Gasteiger charge is -2.14. The van der Waals surface area contributed by atoms with Crippen LogP contribution in [0.2, 0.25) is 10.0 Å². The minimum absolute atomic E-state index is 0.115. The highest BCUT2D eigenvalue weighted by atomic mass is 35.5. The predicted molar refractivity (Wildman–Crippen MR) is 171 cm³/mol. The Morgan fingerprint density at radius 3 is 2.56 bits per heavy atom. The average molecular weight is 636 g/mol. The third kappa shape index (κ3) is 8.10. The summed E-state index contributed by atoms with van der Waals surface area (Å²) in [4.78, 5) is 17.3. The SMILES string of the molecule is CCOc1cc(/C=N\NC(=O)c2ccc(-c3csc(Nc4ccc(Cl)cc4)n3)cc2)cc(Cl)c1OCc1cccc(F)c1. The largest absolute Gasteiger partial charge is 0.490 e. The van der Waals surface area contributed by atoms with E-state index in [9.17, 15) is 9.18 Å². The first-order valence-electron chi connectivity index (χ1n) is 13.1. The number of hydrogen-bond donors (Lipinski definition) is 2. The second-order valence-electron chi connectivity index (χ2n) is 9.13. The van der Waals surface area contributed by atoms with Crippen LogP contribution in [0.3, 0.4) is 0 Å². The van der Waals surface area contributed by atoms with Crippen molar-refractivity contribution < 1.29 is 18.7 Å². The molecule has 0 unspecified atom stereocenters. The number of anilines is 2. The highest BCUT2D eigenvalue weighted by Gasteiger charge is 2.13. The average Bonchev–Trinajstić information content (AvgIpc) is 3.47. The van der Waals surface area contributed by atoms with Gasteiger partial charge in [0.1, 0.15) is 12.4 Å². The molecule has 7 nitrogen and oxygen atoms in total. The lowest BCUT2D eigenvalue weighted by molar-refractivity contribution is 0.0955. The standard InChI is InChI=1S/C32H25Cl2FN4O3S/c1-2-41-29-16-21(15-27(34)30(29)42-18-20-4-3-5-25(35)14-20)17-36-39-31(40)23-8-6-22(7-9-23)28-19-43-32(38-28)37-26-12-10-24(33)11-13-26/h3-17,19H,2,18H2,1H3,(H,37,38)(H,39,40)/b36-17-. The van der Waals surface area contributed by atoms with Crippen molar-refractivity contribution in [3.05, 3.63) is 123 Å². The van der Waals surface area contributed by atoms with E-state index in [0.717, 1.165) is 22.1 Å². The highest BCUT2D eigenvalue weighted by molar-refractivity contribution is 7.14. The number of ether oxygens (including phenoxy) is 2. The molecule has 0 saturated heterocycles. The molecule has 0 atom stereocenters. The normalized spacial score (nSPS) is 11.0. The number of hydrogen-bond acceptors (Lipinski definition) is 7. The maximum Gasteiger partial charge on any atom is 0.271 e. The lowest BCUT2D eigenvalue weighted by atomic mass is 10.1. The van der Waals surface area contributed by atoms with E-state index in [2.05, 4.69) is 20.8 Å². The van der Waals surface area contributed by atoms with Crippen LogP contribution in [0.15, 0.2) is 95.4 Å². The van der Waals surface area contributed by atoms with E-state index in [1.807, 2.05) is 48.7 Å². The second kappa shape index (κ2) is 14.2. The van der Waals surface area contributed by atoms with E-state index in [-0.39, 0.29) is 18.3 Å². The number of thiazole rings is 1. The second-order valence-corrected chi connectivity index (χ2v) is 10.8. The van der Waals surface area contributed by atoms with Crippen LogP contribution in [-0.4, -0.2) is 23.7 Å². The molecule has 0 aliphatic rings. The smallest absolute Gasteiger partial charge is 0.271 e. The first-order valence-corrected chi connectivity index (χ1v) is 14.8. The highest BCUT2D eigenvalue weighted by Crippen LogP contribution is 2.37. The molecule has 2 N–H and O–H groups in total. The van der Waals surface area contributed by atoms with Gasteiger partial charge >= 0.3 is 0 Å². The fraction of sp³-hybridized carbons (Fsp3) is 0.0938. The summed E-state index contributed by atoms with van der Waals surface area (Å²) in [5, 5.41) is 11.0. The van der Waals surface area contributed by atoms with Crippen LogP contribution >= 0.6 is 34.5 Å². The summed E-state index contributed by atoms with van der Waals surface area (Å²) in [7, 11) is 0. The molecule has 0 aliphatic heterocycles. The molecule has 0 spiro atoms. The van der Waals surface area contributed by atoms with E-state index in [4.69, 9.17) is 32.7 Å².